The quantitative estimate of drug-likeness (QED) is 0.501. The maximum Gasteiger partial charge on any atom is 0.325 e. The summed E-state index contributed by atoms with van der Waals surface area (Å²) in [6.45, 7) is 4.14. The van der Waals surface area contributed by atoms with Crippen LogP contribution in [0.15, 0.2) is 47.4 Å². The monoisotopic (exact) mass is 489 g/mol. The average molecular weight is 490 g/mol. The topological polar surface area (TPSA) is 142 Å². The number of nitrogens with zero attached hydrogens (tertiary/aromatic N) is 1. The Hall–Kier alpha value is -3.28. The third-order valence-corrected chi connectivity index (χ3v) is 7.30. The molecule has 1 heterocycles. The fourth-order valence-corrected chi connectivity index (χ4v) is 5.26. The van der Waals surface area contributed by atoms with E-state index in [0.717, 1.165) is 15.4 Å². The molecule has 2 aromatic rings. The number of sulfonamides is 1. The Morgan fingerprint density at radius 3 is 2.24 bits per heavy atom. The fourth-order valence-electron chi connectivity index (χ4n) is 3.54. The minimum Gasteiger partial charge on any atom is -0.454 e. The molecule has 2 aromatic carbocycles. The Morgan fingerprint density at radius 1 is 1.03 bits per heavy atom. The van der Waals surface area contributed by atoms with E-state index in [1.165, 1.54) is 19.1 Å². The summed E-state index contributed by atoms with van der Waals surface area (Å²) in [6.07, 6.45) is -1.16. The predicted molar refractivity (Wildman–Crippen MR) is 125 cm³/mol. The Morgan fingerprint density at radius 2 is 1.65 bits per heavy atom. The lowest BCUT2D eigenvalue weighted by Gasteiger charge is -2.22. The smallest absolute Gasteiger partial charge is 0.325 e. The molecule has 2 amide bonds. The van der Waals surface area contributed by atoms with Gasteiger partial charge in [-0.15, -0.1) is 0 Å². The van der Waals surface area contributed by atoms with E-state index in [1.54, 1.807) is 37.3 Å². The molecular weight excluding hydrogens is 462 g/mol. The second kappa shape index (κ2) is 10.3. The van der Waals surface area contributed by atoms with Gasteiger partial charge in [0.05, 0.1) is 11.0 Å². The first-order valence-corrected chi connectivity index (χ1v) is 12.0. The number of aliphatic hydroxyl groups excluding tert-OH is 1. The van der Waals surface area contributed by atoms with Crippen molar-refractivity contribution >= 4 is 39.2 Å². The molecule has 0 bridgehead atoms. The highest BCUT2D eigenvalue weighted by Gasteiger charge is 2.44. The molecule has 1 saturated heterocycles. The first-order chi connectivity index (χ1) is 16.0. The molecule has 10 nitrogen and oxygen atoms in total. The standard InChI is InChI=1S/C23H27N3O7S/c1-14-4-9-20(10-15(14)2)34(31,32)26-12-19(28)11-21(26)23(30)33-13-22(29)25-18-7-5-17(6-8-18)24-16(3)27/h4-10,19,21,28H,11-13H2,1-3H3,(H,24,27)(H,25,29)/t19?,21-/m0/s1. The molecule has 2 atom stereocenters. The fraction of sp³-hybridized carbons (Fsp3) is 0.348. The van der Waals surface area contributed by atoms with E-state index in [0.29, 0.717) is 11.4 Å². The maximum atomic E-state index is 13.1. The summed E-state index contributed by atoms with van der Waals surface area (Å²) in [5, 5.41) is 15.2. The Balaban J connectivity index is 1.63. The van der Waals surface area contributed by atoms with Gasteiger partial charge in [0.25, 0.3) is 5.91 Å². The van der Waals surface area contributed by atoms with Crippen molar-refractivity contribution in [3.63, 3.8) is 0 Å². The van der Waals surface area contributed by atoms with Crippen LogP contribution in [0.4, 0.5) is 11.4 Å². The molecule has 1 unspecified atom stereocenters. The minimum absolute atomic E-state index is 0.0166. The SMILES string of the molecule is CC(=O)Nc1ccc(NC(=O)COC(=O)[C@@H]2CC(O)CN2S(=O)(=O)c2ccc(C)c(C)c2)cc1. The van der Waals surface area contributed by atoms with Crippen molar-refractivity contribution in [2.75, 3.05) is 23.8 Å². The van der Waals surface area contributed by atoms with Crippen LogP contribution in [-0.4, -0.2) is 60.9 Å². The van der Waals surface area contributed by atoms with Crippen LogP contribution < -0.4 is 10.6 Å². The molecule has 1 aliphatic rings. The number of aryl methyl sites for hydroxylation is 2. The van der Waals surface area contributed by atoms with Crippen molar-refractivity contribution in [1.82, 2.24) is 4.31 Å². The number of ether oxygens (including phenoxy) is 1. The molecule has 1 aliphatic heterocycles. The van der Waals surface area contributed by atoms with Gasteiger partial charge < -0.3 is 20.5 Å². The van der Waals surface area contributed by atoms with E-state index in [-0.39, 0.29) is 23.8 Å². The number of anilines is 2. The van der Waals surface area contributed by atoms with E-state index in [4.69, 9.17) is 4.74 Å². The number of rotatable bonds is 7. The van der Waals surface area contributed by atoms with Crippen molar-refractivity contribution in [2.24, 2.45) is 0 Å². The zero-order valence-electron chi connectivity index (χ0n) is 19.1. The lowest BCUT2D eigenvalue weighted by Crippen LogP contribution is -2.42. The van der Waals surface area contributed by atoms with Crippen LogP contribution in [0, 0.1) is 13.8 Å². The number of β-amino-alcohol motifs (C(OH)–C–C–N with tert-alkyl or cyclic N) is 1. The summed E-state index contributed by atoms with van der Waals surface area (Å²) in [7, 11) is -4.06. The van der Waals surface area contributed by atoms with Gasteiger partial charge in [0.15, 0.2) is 6.61 Å². The van der Waals surface area contributed by atoms with Gasteiger partial charge in [0.2, 0.25) is 15.9 Å². The number of hydrogen-bond acceptors (Lipinski definition) is 7. The summed E-state index contributed by atoms with van der Waals surface area (Å²) in [5.41, 5.74) is 2.68. The first kappa shape index (κ1) is 25.3. The molecule has 0 spiro atoms. The molecule has 0 aromatic heterocycles. The summed E-state index contributed by atoms with van der Waals surface area (Å²) >= 11 is 0. The number of aliphatic hydroxyl groups is 1. The summed E-state index contributed by atoms with van der Waals surface area (Å²) < 4.78 is 32.3. The van der Waals surface area contributed by atoms with E-state index in [9.17, 15) is 27.9 Å². The third kappa shape index (κ3) is 5.99. The normalized spacial score (nSPS) is 18.4. The molecule has 3 rings (SSSR count). The highest BCUT2D eigenvalue weighted by Crippen LogP contribution is 2.28. The maximum absolute atomic E-state index is 13.1. The molecular formula is C23H27N3O7S. The van der Waals surface area contributed by atoms with E-state index >= 15 is 0 Å². The lowest BCUT2D eigenvalue weighted by molar-refractivity contribution is -0.150. The second-order valence-corrected chi connectivity index (χ2v) is 10.0. The van der Waals surface area contributed by atoms with Gasteiger partial charge in [-0.3, -0.25) is 14.4 Å². The van der Waals surface area contributed by atoms with Crippen LogP contribution in [-0.2, 0) is 29.1 Å². The zero-order chi connectivity index (χ0) is 25.0. The van der Waals surface area contributed by atoms with Crippen molar-refractivity contribution in [1.29, 1.82) is 0 Å². The number of benzene rings is 2. The van der Waals surface area contributed by atoms with Crippen LogP contribution >= 0.6 is 0 Å². The number of hydrogen-bond donors (Lipinski definition) is 3. The van der Waals surface area contributed by atoms with Crippen LogP contribution in [0.2, 0.25) is 0 Å². The zero-order valence-corrected chi connectivity index (χ0v) is 19.9. The van der Waals surface area contributed by atoms with Crippen molar-refractivity contribution < 1.29 is 32.6 Å². The highest BCUT2D eigenvalue weighted by atomic mass is 32.2. The van der Waals surface area contributed by atoms with Gasteiger partial charge in [0.1, 0.15) is 6.04 Å². The molecule has 182 valence electrons. The van der Waals surface area contributed by atoms with Gasteiger partial charge in [-0.05, 0) is 61.4 Å². The largest absolute Gasteiger partial charge is 0.454 e. The van der Waals surface area contributed by atoms with Gasteiger partial charge >= 0.3 is 5.97 Å². The van der Waals surface area contributed by atoms with Crippen molar-refractivity contribution in [3.05, 3.63) is 53.6 Å². The van der Waals surface area contributed by atoms with Crippen molar-refractivity contribution in [2.45, 2.75) is 44.2 Å². The Kier molecular flexibility index (Phi) is 7.70. The second-order valence-electron chi connectivity index (χ2n) is 8.14. The van der Waals surface area contributed by atoms with E-state index in [1.807, 2.05) is 6.92 Å². The van der Waals surface area contributed by atoms with Crippen LogP contribution in [0.1, 0.15) is 24.5 Å². The lowest BCUT2D eigenvalue weighted by atomic mass is 10.1. The number of carbonyl (C=O) groups is 3. The summed E-state index contributed by atoms with van der Waals surface area (Å²) in [6, 6.07) is 9.72. The molecule has 0 radical (unpaired) electrons. The molecule has 0 saturated carbocycles. The molecule has 11 heteroatoms. The van der Waals surface area contributed by atoms with Gasteiger partial charge in [-0.2, -0.15) is 4.31 Å². The number of nitrogens with one attached hydrogen (secondary N) is 2. The minimum atomic E-state index is -4.06. The van der Waals surface area contributed by atoms with Crippen LogP contribution in [0.25, 0.3) is 0 Å². The Labute approximate surface area is 198 Å². The van der Waals surface area contributed by atoms with Crippen LogP contribution in [0.5, 0.6) is 0 Å². The molecule has 1 fully saturated rings. The highest BCUT2D eigenvalue weighted by molar-refractivity contribution is 7.89. The average Bonchev–Trinajstić information content (AvgIpc) is 3.17. The molecule has 0 aliphatic carbocycles. The first-order valence-electron chi connectivity index (χ1n) is 10.6. The number of carbonyl (C=O) groups excluding carboxylic acids is 3. The van der Waals surface area contributed by atoms with Crippen molar-refractivity contribution in [3.8, 4) is 0 Å². The number of esters is 1. The van der Waals surface area contributed by atoms with Gasteiger partial charge in [-0.25, -0.2) is 8.42 Å². The summed E-state index contributed by atoms with van der Waals surface area (Å²) in [5.74, 6) is -1.77. The van der Waals surface area contributed by atoms with Crippen LogP contribution in [0.3, 0.4) is 0 Å². The predicted octanol–water partition coefficient (Wildman–Crippen LogP) is 1.57. The van der Waals surface area contributed by atoms with Gasteiger partial charge in [0, 0.05) is 31.3 Å². The van der Waals surface area contributed by atoms with E-state index in [2.05, 4.69) is 10.6 Å². The summed E-state index contributed by atoms with van der Waals surface area (Å²) in [4.78, 5) is 35.9. The third-order valence-electron chi connectivity index (χ3n) is 5.43. The van der Waals surface area contributed by atoms with E-state index < -0.39 is 40.7 Å². The number of amides is 2. The molecule has 34 heavy (non-hydrogen) atoms. The molecule has 3 N–H and O–H groups in total. The Bertz CT molecular complexity index is 1200. The van der Waals surface area contributed by atoms with Gasteiger partial charge in [-0.1, -0.05) is 6.07 Å².